The molecule has 0 aliphatic carbocycles. The van der Waals surface area contributed by atoms with Gasteiger partial charge in [0.05, 0.1) is 12.3 Å². The highest BCUT2D eigenvalue weighted by atomic mass is 16.5. The summed E-state index contributed by atoms with van der Waals surface area (Å²) >= 11 is 0. The third-order valence-corrected chi connectivity index (χ3v) is 1.68. The number of tetrazole rings is 1. The van der Waals surface area contributed by atoms with Gasteiger partial charge in [0.25, 0.3) is 0 Å². The van der Waals surface area contributed by atoms with Crippen LogP contribution in [0.25, 0.3) is 11.5 Å². The Bertz CT molecular complexity index is 409. The van der Waals surface area contributed by atoms with Crippen LogP contribution in [0, 0.1) is 0 Å². The lowest BCUT2D eigenvalue weighted by Gasteiger charge is -2.08. The molecule has 0 spiro atoms. The smallest absolute Gasteiger partial charge is 0.222 e. The van der Waals surface area contributed by atoms with Gasteiger partial charge in [0.2, 0.25) is 5.82 Å². The summed E-state index contributed by atoms with van der Waals surface area (Å²) in [4.78, 5) is 4.16. The lowest BCUT2D eigenvalue weighted by atomic mass is 10.3. The molecule has 2 heterocycles. The number of nitrogens with zero attached hydrogens (tertiary/aromatic N) is 4. The highest BCUT2D eigenvalue weighted by molar-refractivity contribution is 5.48. The Balaban J connectivity index is 2.17. The number of ether oxygens (including phenoxy) is 1. The topological polar surface area (TPSA) is 76.6 Å². The first-order valence-electron chi connectivity index (χ1n) is 4.62. The van der Waals surface area contributed by atoms with E-state index < -0.39 is 0 Å². The van der Waals surface area contributed by atoms with Crippen molar-refractivity contribution < 1.29 is 4.74 Å². The number of hydrogen-bond donors (Lipinski definition) is 1. The van der Waals surface area contributed by atoms with E-state index in [4.69, 9.17) is 4.74 Å². The van der Waals surface area contributed by atoms with E-state index in [-0.39, 0.29) is 6.10 Å². The lowest BCUT2D eigenvalue weighted by Crippen LogP contribution is -2.05. The number of aromatic nitrogens is 5. The number of hydrogen-bond acceptors (Lipinski definition) is 5. The molecular weight excluding hydrogens is 194 g/mol. The summed E-state index contributed by atoms with van der Waals surface area (Å²) in [6, 6.07) is 3.63. The summed E-state index contributed by atoms with van der Waals surface area (Å²) in [5.41, 5.74) is 0.667. The summed E-state index contributed by atoms with van der Waals surface area (Å²) in [5.74, 6) is 1.21. The van der Waals surface area contributed by atoms with Crippen LogP contribution in [0.4, 0.5) is 0 Å². The minimum atomic E-state index is 0.142. The van der Waals surface area contributed by atoms with Crippen molar-refractivity contribution in [2.75, 3.05) is 0 Å². The van der Waals surface area contributed by atoms with Crippen molar-refractivity contribution >= 4 is 0 Å². The van der Waals surface area contributed by atoms with Gasteiger partial charge in [0, 0.05) is 0 Å². The van der Waals surface area contributed by atoms with Crippen LogP contribution in [0.5, 0.6) is 5.75 Å². The van der Waals surface area contributed by atoms with Gasteiger partial charge in [0.15, 0.2) is 0 Å². The molecule has 78 valence electrons. The van der Waals surface area contributed by atoms with Crippen molar-refractivity contribution in [2.45, 2.75) is 20.0 Å². The van der Waals surface area contributed by atoms with Crippen LogP contribution < -0.4 is 4.74 Å². The second kappa shape index (κ2) is 4.04. The Hall–Kier alpha value is -1.98. The van der Waals surface area contributed by atoms with E-state index in [1.807, 2.05) is 19.9 Å². The van der Waals surface area contributed by atoms with Crippen molar-refractivity contribution in [3.05, 3.63) is 18.3 Å². The average Bonchev–Trinajstić information content (AvgIpc) is 2.71. The van der Waals surface area contributed by atoms with Gasteiger partial charge in [-0.25, -0.2) is 4.98 Å². The fourth-order valence-electron chi connectivity index (χ4n) is 1.12. The second-order valence-electron chi connectivity index (χ2n) is 3.28. The standard InChI is InChI=1S/C9H11N5O/c1-6(2)15-7-3-4-8(10-5-7)9-11-13-14-12-9/h3-6H,1-2H3,(H,11,12,13,14). The molecular formula is C9H11N5O. The maximum atomic E-state index is 5.46. The van der Waals surface area contributed by atoms with Crippen LogP contribution in [0.3, 0.4) is 0 Å². The molecule has 0 bridgehead atoms. The third-order valence-electron chi connectivity index (χ3n) is 1.68. The van der Waals surface area contributed by atoms with Gasteiger partial charge in [-0.15, -0.1) is 10.2 Å². The molecule has 0 aliphatic heterocycles. The first kappa shape index (κ1) is 9.57. The summed E-state index contributed by atoms with van der Waals surface area (Å²) in [6.07, 6.45) is 1.79. The summed E-state index contributed by atoms with van der Waals surface area (Å²) in [6.45, 7) is 3.93. The number of nitrogens with one attached hydrogen (secondary N) is 1. The Morgan fingerprint density at radius 1 is 1.33 bits per heavy atom. The summed E-state index contributed by atoms with van der Waals surface area (Å²) in [5, 5.41) is 13.5. The molecule has 0 radical (unpaired) electrons. The highest BCUT2D eigenvalue weighted by Crippen LogP contribution is 2.15. The first-order valence-corrected chi connectivity index (χ1v) is 4.62. The van der Waals surface area contributed by atoms with Gasteiger partial charge in [0.1, 0.15) is 11.4 Å². The zero-order chi connectivity index (χ0) is 10.7. The highest BCUT2D eigenvalue weighted by Gasteiger charge is 2.04. The van der Waals surface area contributed by atoms with Crippen molar-refractivity contribution in [3.8, 4) is 17.3 Å². The normalized spacial score (nSPS) is 10.6. The molecule has 2 rings (SSSR count). The van der Waals surface area contributed by atoms with Gasteiger partial charge in [-0.3, -0.25) is 0 Å². The van der Waals surface area contributed by atoms with E-state index in [9.17, 15) is 0 Å². The van der Waals surface area contributed by atoms with Crippen LogP contribution in [-0.2, 0) is 0 Å². The minimum absolute atomic E-state index is 0.142. The van der Waals surface area contributed by atoms with Crippen LogP contribution in [-0.4, -0.2) is 31.7 Å². The predicted octanol–water partition coefficient (Wildman–Crippen LogP) is 1.05. The van der Waals surface area contributed by atoms with Crippen molar-refractivity contribution in [1.29, 1.82) is 0 Å². The molecule has 0 aliphatic rings. The molecule has 6 nitrogen and oxygen atoms in total. The van der Waals surface area contributed by atoms with Gasteiger partial charge >= 0.3 is 0 Å². The van der Waals surface area contributed by atoms with Crippen molar-refractivity contribution in [3.63, 3.8) is 0 Å². The van der Waals surface area contributed by atoms with Crippen molar-refractivity contribution in [1.82, 2.24) is 25.6 Å². The largest absolute Gasteiger partial charge is 0.489 e. The maximum absolute atomic E-state index is 5.46. The van der Waals surface area contributed by atoms with E-state index >= 15 is 0 Å². The number of aromatic amines is 1. The molecule has 1 N–H and O–H groups in total. The molecule has 0 atom stereocenters. The lowest BCUT2D eigenvalue weighted by molar-refractivity contribution is 0.241. The van der Waals surface area contributed by atoms with E-state index in [0.717, 1.165) is 5.75 Å². The molecule has 2 aromatic heterocycles. The second-order valence-corrected chi connectivity index (χ2v) is 3.28. The summed E-state index contributed by atoms with van der Waals surface area (Å²) in [7, 11) is 0. The first-order chi connectivity index (χ1) is 7.25. The van der Waals surface area contributed by atoms with Crippen LogP contribution in [0.1, 0.15) is 13.8 Å². The molecule has 0 saturated carbocycles. The Morgan fingerprint density at radius 2 is 2.20 bits per heavy atom. The fraction of sp³-hybridized carbons (Fsp3) is 0.333. The molecule has 0 unspecified atom stereocenters. The minimum Gasteiger partial charge on any atom is -0.489 e. The van der Waals surface area contributed by atoms with Crippen molar-refractivity contribution in [2.24, 2.45) is 0 Å². The van der Waals surface area contributed by atoms with Gasteiger partial charge in [-0.1, -0.05) is 0 Å². The number of pyridine rings is 1. The van der Waals surface area contributed by atoms with Gasteiger partial charge in [-0.05, 0) is 31.2 Å². The van der Waals surface area contributed by atoms with Gasteiger partial charge < -0.3 is 4.74 Å². The summed E-state index contributed by atoms with van der Waals surface area (Å²) < 4.78 is 5.46. The Labute approximate surface area is 86.7 Å². The van der Waals surface area contributed by atoms with E-state index in [1.54, 1.807) is 12.3 Å². The zero-order valence-electron chi connectivity index (χ0n) is 8.51. The van der Waals surface area contributed by atoms with Crippen LogP contribution in [0.2, 0.25) is 0 Å². The number of H-pyrrole nitrogens is 1. The molecule has 2 aromatic rings. The molecule has 15 heavy (non-hydrogen) atoms. The monoisotopic (exact) mass is 205 g/mol. The fourth-order valence-corrected chi connectivity index (χ4v) is 1.12. The molecule has 0 fully saturated rings. The maximum Gasteiger partial charge on any atom is 0.222 e. The quantitative estimate of drug-likeness (QED) is 0.810. The number of rotatable bonds is 3. The average molecular weight is 205 g/mol. The molecule has 6 heteroatoms. The van der Waals surface area contributed by atoms with E-state index in [0.29, 0.717) is 11.5 Å². The predicted molar refractivity (Wildman–Crippen MR) is 53.2 cm³/mol. The van der Waals surface area contributed by atoms with E-state index in [1.165, 1.54) is 0 Å². The van der Waals surface area contributed by atoms with E-state index in [2.05, 4.69) is 25.6 Å². The Morgan fingerprint density at radius 3 is 2.73 bits per heavy atom. The van der Waals surface area contributed by atoms with Gasteiger partial charge in [-0.2, -0.15) is 5.21 Å². The SMILES string of the molecule is CC(C)Oc1ccc(-c2nn[nH]n2)nc1. The zero-order valence-corrected chi connectivity index (χ0v) is 8.51. The molecule has 0 saturated heterocycles. The van der Waals surface area contributed by atoms with Crippen LogP contribution >= 0.6 is 0 Å². The Kier molecular flexibility index (Phi) is 2.57. The third kappa shape index (κ3) is 2.28. The molecule has 0 amide bonds. The van der Waals surface area contributed by atoms with Crippen LogP contribution in [0.15, 0.2) is 18.3 Å². The molecule has 0 aromatic carbocycles.